The molecule has 0 aliphatic carbocycles. The predicted octanol–water partition coefficient (Wildman–Crippen LogP) is 3.83. The molecule has 7 heteroatoms. The fourth-order valence-corrected chi connectivity index (χ4v) is 4.40. The molecule has 3 aromatic rings. The molecule has 4 nitrogen and oxygen atoms in total. The van der Waals surface area contributed by atoms with Gasteiger partial charge in [0.2, 0.25) is 0 Å². The number of fused-ring (bicyclic) bond motifs is 1. The third kappa shape index (κ3) is 3.42. The molecule has 3 heterocycles. The number of hydrogen-bond acceptors (Lipinski definition) is 5. The summed E-state index contributed by atoms with van der Waals surface area (Å²) >= 11 is 6.65. The van der Waals surface area contributed by atoms with E-state index in [2.05, 4.69) is 49.9 Å². The van der Waals surface area contributed by atoms with E-state index in [0.29, 0.717) is 11.2 Å². The molecule has 110 valence electrons. The molecular formula is C14H14BrN3OS2. The highest BCUT2D eigenvalue weighted by Crippen LogP contribution is 2.23. The molecule has 3 rings (SSSR count). The van der Waals surface area contributed by atoms with Gasteiger partial charge in [0.05, 0.1) is 15.8 Å². The minimum Gasteiger partial charge on any atom is -0.308 e. The zero-order valence-electron chi connectivity index (χ0n) is 11.4. The molecule has 0 spiro atoms. The molecule has 0 fully saturated rings. The topological polar surface area (TPSA) is 49.0 Å². The summed E-state index contributed by atoms with van der Waals surface area (Å²) in [5.74, 6) is 0.725. The second kappa shape index (κ2) is 6.39. The number of aromatic nitrogens is 2. The van der Waals surface area contributed by atoms with Gasteiger partial charge in [-0.2, -0.15) is 0 Å². The Balaban J connectivity index is 1.80. The maximum Gasteiger partial charge on any atom is 0.268 e. The number of rotatable bonds is 5. The van der Waals surface area contributed by atoms with Crippen molar-refractivity contribution in [3.05, 3.63) is 48.4 Å². The van der Waals surface area contributed by atoms with E-state index in [9.17, 15) is 4.79 Å². The van der Waals surface area contributed by atoms with Crippen LogP contribution in [0.5, 0.6) is 0 Å². The fourth-order valence-electron chi connectivity index (χ4n) is 2.14. The quantitative estimate of drug-likeness (QED) is 0.727. The van der Waals surface area contributed by atoms with Gasteiger partial charge >= 0.3 is 0 Å². The largest absolute Gasteiger partial charge is 0.308 e. The Kier molecular flexibility index (Phi) is 4.54. The van der Waals surface area contributed by atoms with Crippen molar-refractivity contribution in [1.29, 1.82) is 0 Å². The number of hydrogen-bond donors (Lipinski definition) is 1. The van der Waals surface area contributed by atoms with Crippen molar-refractivity contribution in [1.82, 2.24) is 14.9 Å². The summed E-state index contributed by atoms with van der Waals surface area (Å²) in [4.78, 5) is 23.0. The van der Waals surface area contributed by atoms with Crippen molar-refractivity contribution in [3.8, 4) is 0 Å². The summed E-state index contributed by atoms with van der Waals surface area (Å²) in [5.41, 5.74) is 0.744. The smallest absolute Gasteiger partial charge is 0.268 e. The van der Waals surface area contributed by atoms with Crippen LogP contribution in [0.25, 0.3) is 10.2 Å². The van der Waals surface area contributed by atoms with Crippen LogP contribution in [-0.2, 0) is 13.1 Å². The lowest BCUT2D eigenvalue weighted by Gasteiger charge is -2.18. The van der Waals surface area contributed by atoms with Crippen molar-refractivity contribution < 1.29 is 0 Å². The van der Waals surface area contributed by atoms with E-state index in [1.54, 1.807) is 11.3 Å². The minimum absolute atomic E-state index is 0.0417. The number of aromatic amines is 1. The van der Waals surface area contributed by atoms with Gasteiger partial charge in [0.1, 0.15) is 10.5 Å². The lowest BCUT2D eigenvalue weighted by molar-refractivity contribution is 0.267. The van der Waals surface area contributed by atoms with Crippen LogP contribution in [-0.4, -0.2) is 21.4 Å². The normalized spacial score (nSPS) is 11.6. The SMILES string of the molecule is CCN(Cc1nc2ccsc2c(=O)[nH]1)Cc1ccc(Br)s1. The van der Waals surface area contributed by atoms with Crippen LogP contribution < -0.4 is 5.56 Å². The first kappa shape index (κ1) is 14.9. The van der Waals surface area contributed by atoms with E-state index in [1.807, 2.05) is 11.4 Å². The molecule has 1 N–H and O–H groups in total. The Morgan fingerprint density at radius 1 is 1.33 bits per heavy atom. The lowest BCUT2D eigenvalue weighted by Crippen LogP contribution is -2.24. The first-order chi connectivity index (χ1) is 10.2. The van der Waals surface area contributed by atoms with E-state index < -0.39 is 0 Å². The first-order valence-corrected chi connectivity index (χ1v) is 9.07. The molecule has 0 aliphatic heterocycles. The van der Waals surface area contributed by atoms with E-state index in [0.717, 1.165) is 28.2 Å². The third-order valence-electron chi connectivity index (χ3n) is 3.19. The molecule has 3 aromatic heterocycles. The van der Waals surface area contributed by atoms with Gasteiger partial charge in [-0.3, -0.25) is 9.69 Å². The summed E-state index contributed by atoms with van der Waals surface area (Å²) in [7, 11) is 0. The maximum atomic E-state index is 12.0. The Morgan fingerprint density at radius 2 is 2.19 bits per heavy atom. The van der Waals surface area contributed by atoms with Crippen LogP contribution in [0.1, 0.15) is 17.6 Å². The first-order valence-electron chi connectivity index (χ1n) is 6.58. The zero-order chi connectivity index (χ0) is 14.8. The average Bonchev–Trinajstić information content (AvgIpc) is 3.07. The minimum atomic E-state index is -0.0417. The number of nitrogens with zero attached hydrogens (tertiary/aromatic N) is 2. The Labute approximate surface area is 138 Å². The fraction of sp³-hybridized carbons (Fsp3) is 0.286. The van der Waals surface area contributed by atoms with E-state index in [4.69, 9.17) is 0 Å². The summed E-state index contributed by atoms with van der Waals surface area (Å²) in [6, 6.07) is 6.08. The molecule has 0 radical (unpaired) electrons. The molecule has 0 atom stereocenters. The van der Waals surface area contributed by atoms with Crippen LogP contribution in [0.3, 0.4) is 0 Å². The van der Waals surface area contributed by atoms with Gasteiger partial charge in [0.25, 0.3) is 5.56 Å². The second-order valence-corrected chi connectivity index (χ2v) is 8.12. The second-order valence-electron chi connectivity index (χ2n) is 4.66. The van der Waals surface area contributed by atoms with Crippen molar-refractivity contribution in [2.24, 2.45) is 0 Å². The highest BCUT2D eigenvalue weighted by atomic mass is 79.9. The molecule has 0 amide bonds. The highest BCUT2D eigenvalue weighted by molar-refractivity contribution is 9.11. The molecule has 0 aromatic carbocycles. The number of nitrogens with one attached hydrogen (secondary N) is 1. The Morgan fingerprint density at radius 3 is 2.90 bits per heavy atom. The molecule has 0 saturated heterocycles. The molecule has 0 saturated carbocycles. The number of thiophene rings is 2. The Hall–Kier alpha value is -1.02. The van der Waals surface area contributed by atoms with Gasteiger partial charge in [0.15, 0.2) is 0 Å². The number of H-pyrrole nitrogens is 1. The summed E-state index contributed by atoms with van der Waals surface area (Å²) in [6.07, 6.45) is 0. The van der Waals surface area contributed by atoms with E-state index in [1.165, 1.54) is 16.2 Å². The summed E-state index contributed by atoms with van der Waals surface area (Å²) < 4.78 is 1.84. The summed E-state index contributed by atoms with van der Waals surface area (Å²) in [6.45, 7) is 4.52. The summed E-state index contributed by atoms with van der Waals surface area (Å²) in [5, 5.41) is 1.90. The van der Waals surface area contributed by atoms with Crippen LogP contribution in [0, 0.1) is 0 Å². The maximum absolute atomic E-state index is 12.0. The average molecular weight is 384 g/mol. The van der Waals surface area contributed by atoms with E-state index >= 15 is 0 Å². The van der Waals surface area contributed by atoms with Crippen molar-refractivity contribution in [2.45, 2.75) is 20.0 Å². The van der Waals surface area contributed by atoms with Gasteiger partial charge in [-0.15, -0.1) is 22.7 Å². The predicted molar refractivity (Wildman–Crippen MR) is 92.0 cm³/mol. The van der Waals surface area contributed by atoms with Crippen molar-refractivity contribution in [2.75, 3.05) is 6.54 Å². The molecule has 21 heavy (non-hydrogen) atoms. The molecule has 0 unspecified atom stereocenters. The highest BCUT2D eigenvalue weighted by Gasteiger charge is 2.10. The molecular weight excluding hydrogens is 370 g/mol. The lowest BCUT2D eigenvalue weighted by atomic mass is 10.3. The van der Waals surface area contributed by atoms with Gasteiger partial charge in [0, 0.05) is 11.4 Å². The molecule has 0 bridgehead atoms. The van der Waals surface area contributed by atoms with E-state index in [-0.39, 0.29) is 5.56 Å². The van der Waals surface area contributed by atoms with Gasteiger partial charge < -0.3 is 4.98 Å². The van der Waals surface area contributed by atoms with Crippen LogP contribution >= 0.6 is 38.6 Å². The zero-order valence-corrected chi connectivity index (χ0v) is 14.6. The molecule has 0 aliphatic rings. The van der Waals surface area contributed by atoms with Crippen LogP contribution in [0.2, 0.25) is 0 Å². The van der Waals surface area contributed by atoms with Crippen molar-refractivity contribution in [3.63, 3.8) is 0 Å². The van der Waals surface area contributed by atoms with Gasteiger partial charge in [-0.25, -0.2) is 4.98 Å². The van der Waals surface area contributed by atoms with Crippen molar-refractivity contribution >= 4 is 48.8 Å². The monoisotopic (exact) mass is 383 g/mol. The van der Waals surface area contributed by atoms with Crippen LogP contribution in [0.4, 0.5) is 0 Å². The third-order valence-corrected chi connectivity index (χ3v) is 5.70. The Bertz CT molecular complexity index is 808. The van der Waals surface area contributed by atoms with Crippen LogP contribution in [0.15, 0.2) is 32.2 Å². The standard InChI is InChI=1S/C14H14BrN3OS2/c1-2-18(7-9-3-4-11(15)21-9)8-12-16-10-5-6-20-13(10)14(19)17-12/h3-6H,2,7-8H2,1H3,(H,16,17,19). The van der Waals surface area contributed by atoms with Gasteiger partial charge in [-0.05, 0) is 46.1 Å². The van der Waals surface area contributed by atoms with Gasteiger partial charge in [-0.1, -0.05) is 6.92 Å². The number of halogens is 1.